The molecule has 174 valence electrons. The second-order valence-corrected chi connectivity index (χ2v) is 12.3. The second-order valence-electron chi connectivity index (χ2n) is 9.25. The van der Waals surface area contributed by atoms with Crippen LogP contribution in [-0.4, -0.2) is 10.8 Å². The number of thiophene rings is 1. The van der Waals surface area contributed by atoms with Gasteiger partial charge in [0.05, 0.1) is 5.69 Å². The Kier molecular flexibility index (Phi) is 8.39. The van der Waals surface area contributed by atoms with Crippen LogP contribution in [0.25, 0.3) is 11.3 Å². The number of aromatic nitrogens is 1. The summed E-state index contributed by atoms with van der Waals surface area (Å²) in [4.78, 5) is 4.72. The number of benzene rings is 1. The molecule has 0 fully saturated rings. The number of aryl methyl sites for hydroxylation is 1. The molecule has 1 atom stereocenters. The Balaban J connectivity index is 2.12. The molecule has 0 saturated heterocycles. The molecule has 0 aliphatic rings. The Bertz CT molecular complexity index is 1130. The maximum Gasteiger partial charge on any atom is 0.155 e. The minimum atomic E-state index is -0.182. The molecule has 5 nitrogen and oxygen atoms in total. The monoisotopic (exact) mass is 573 g/mol. The molecule has 0 radical (unpaired) electrons. The summed E-state index contributed by atoms with van der Waals surface area (Å²) in [7, 11) is 0. The third kappa shape index (κ3) is 6.06. The predicted octanol–water partition coefficient (Wildman–Crippen LogP) is 8.25. The van der Waals surface area contributed by atoms with Crippen LogP contribution < -0.4 is 5.73 Å². The summed E-state index contributed by atoms with van der Waals surface area (Å²) < 4.78 is -0.182. The molecule has 2 aromatic heterocycles. The molecule has 0 spiro atoms. The number of hydrogen-bond acceptors (Lipinski definition) is 4. The van der Waals surface area contributed by atoms with Gasteiger partial charge in [0.2, 0.25) is 0 Å². The average molecular weight is 574 g/mol. The Morgan fingerprint density at radius 3 is 2.58 bits per heavy atom. The summed E-state index contributed by atoms with van der Waals surface area (Å²) in [6, 6.07) is 14.4. The summed E-state index contributed by atoms with van der Waals surface area (Å²) in [6.07, 6.45) is 5.13. The van der Waals surface area contributed by atoms with E-state index in [1.165, 1.54) is 16.9 Å². The van der Waals surface area contributed by atoms with Crippen molar-refractivity contribution in [3.05, 3.63) is 70.7 Å². The van der Waals surface area contributed by atoms with Crippen LogP contribution in [0.3, 0.4) is 0 Å². The van der Waals surface area contributed by atoms with Crippen molar-refractivity contribution >= 4 is 44.8 Å². The van der Waals surface area contributed by atoms with Crippen molar-refractivity contribution in [1.29, 1.82) is 0 Å². The first-order valence-electron chi connectivity index (χ1n) is 11.2. The first-order valence-corrected chi connectivity index (χ1v) is 13.2. The van der Waals surface area contributed by atoms with E-state index in [1.807, 2.05) is 29.8 Å². The highest BCUT2D eigenvalue weighted by Crippen LogP contribution is 2.48. The number of nitrogens with two attached hydrogens (primary N) is 1. The van der Waals surface area contributed by atoms with Crippen LogP contribution in [0.5, 0.6) is 0 Å². The van der Waals surface area contributed by atoms with E-state index in [1.54, 1.807) is 0 Å². The molecule has 33 heavy (non-hydrogen) atoms. The summed E-state index contributed by atoms with van der Waals surface area (Å²) >= 11 is 4.04. The van der Waals surface area contributed by atoms with Gasteiger partial charge in [0.25, 0.3) is 0 Å². The fourth-order valence-electron chi connectivity index (χ4n) is 3.48. The number of hydrogen-bond donors (Lipinski definition) is 1. The fourth-order valence-corrected chi connectivity index (χ4v) is 4.49. The third-order valence-electron chi connectivity index (χ3n) is 5.98. The fraction of sp³-hybridized carbons (Fsp3) is 0.385. The van der Waals surface area contributed by atoms with Crippen molar-refractivity contribution in [1.82, 2.24) is 4.98 Å². The Morgan fingerprint density at radius 1 is 1.12 bits per heavy atom. The van der Waals surface area contributed by atoms with Crippen LogP contribution in [0.1, 0.15) is 64.2 Å². The van der Waals surface area contributed by atoms with E-state index in [4.69, 9.17) is 10.7 Å². The van der Waals surface area contributed by atoms with Gasteiger partial charge in [-0.3, -0.25) is 4.98 Å². The smallest absolute Gasteiger partial charge is 0.155 e. The lowest BCUT2D eigenvalue weighted by Crippen LogP contribution is -2.33. The third-order valence-corrected chi connectivity index (χ3v) is 8.93. The van der Waals surface area contributed by atoms with Crippen molar-refractivity contribution < 1.29 is 0 Å². The minimum Gasteiger partial charge on any atom is -0.382 e. The van der Waals surface area contributed by atoms with Gasteiger partial charge in [-0.1, -0.05) is 74.9 Å². The standard InChI is InChI=1S/C26H32IN5S/c1-6-7-10-18-11-8-15-29-23(18)19-13-14-21(26(5,27)25(2,3)4)20(17-19)24(28)31-32-30-22-12-9-16-33-22/h8-9,11-17H,6-7,10H2,1-5H3,(H2,28,30,31). The molecule has 0 aliphatic carbocycles. The normalized spacial score (nSPS) is 14.5. The highest BCUT2D eigenvalue weighted by molar-refractivity contribution is 14.1. The quantitative estimate of drug-likeness (QED) is 0.0736. The van der Waals surface area contributed by atoms with Gasteiger partial charge in [-0.25, -0.2) is 0 Å². The molecule has 0 saturated carbocycles. The number of rotatable bonds is 8. The zero-order valence-electron chi connectivity index (χ0n) is 20.0. The summed E-state index contributed by atoms with van der Waals surface area (Å²) in [5.41, 5.74) is 11.8. The van der Waals surface area contributed by atoms with Gasteiger partial charge in [0.15, 0.2) is 5.84 Å². The van der Waals surface area contributed by atoms with E-state index in [9.17, 15) is 0 Å². The van der Waals surface area contributed by atoms with Crippen LogP contribution in [0.4, 0.5) is 5.00 Å². The SMILES string of the molecule is CCCCc1cccnc1-c1ccc(C(C)(I)C(C)(C)C)c(C(N)=NN=Nc2cccs2)c1. The van der Waals surface area contributed by atoms with E-state index >= 15 is 0 Å². The van der Waals surface area contributed by atoms with Crippen LogP contribution in [-0.2, 0) is 9.84 Å². The van der Waals surface area contributed by atoms with Crippen LogP contribution in [0, 0.1) is 5.41 Å². The predicted molar refractivity (Wildman–Crippen MR) is 149 cm³/mol. The lowest BCUT2D eigenvalue weighted by Gasteiger charge is -2.38. The van der Waals surface area contributed by atoms with Gasteiger partial charge in [-0.05, 0) is 71.2 Å². The Morgan fingerprint density at radius 2 is 1.91 bits per heavy atom. The zero-order chi connectivity index (χ0) is 24.1. The molecule has 7 heteroatoms. The number of unbranched alkanes of at least 4 members (excludes halogenated alkanes) is 1. The van der Waals surface area contributed by atoms with Crippen molar-refractivity contribution in [2.45, 2.75) is 57.3 Å². The van der Waals surface area contributed by atoms with Crippen molar-refractivity contribution in [2.24, 2.45) is 26.6 Å². The van der Waals surface area contributed by atoms with Crippen molar-refractivity contribution in [3.63, 3.8) is 0 Å². The first kappa shape index (κ1) is 25.5. The molecule has 1 aromatic carbocycles. The number of alkyl halides is 1. The van der Waals surface area contributed by atoms with Gasteiger partial charge < -0.3 is 5.73 Å². The molecule has 0 amide bonds. The highest BCUT2D eigenvalue weighted by atomic mass is 127. The van der Waals surface area contributed by atoms with E-state index < -0.39 is 0 Å². The van der Waals surface area contributed by atoms with Gasteiger partial charge in [0.1, 0.15) is 5.00 Å². The molecule has 0 bridgehead atoms. The number of halogens is 1. The zero-order valence-corrected chi connectivity index (χ0v) is 22.9. The van der Waals surface area contributed by atoms with Gasteiger partial charge >= 0.3 is 0 Å². The highest BCUT2D eigenvalue weighted by Gasteiger charge is 2.38. The molecule has 3 rings (SSSR count). The van der Waals surface area contributed by atoms with Crippen molar-refractivity contribution in [3.8, 4) is 11.3 Å². The molecule has 0 aliphatic heterocycles. The van der Waals surface area contributed by atoms with Gasteiger partial charge in [0, 0.05) is 20.7 Å². The Hall–Kier alpha value is -2.13. The topological polar surface area (TPSA) is 76.0 Å². The van der Waals surface area contributed by atoms with Crippen LogP contribution in [0.2, 0.25) is 0 Å². The summed E-state index contributed by atoms with van der Waals surface area (Å²) in [5.74, 6) is 0.352. The molecule has 2 N–H and O–H groups in total. The second kappa shape index (κ2) is 10.9. The average Bonchev–Trinajstić information content (AvgIpc) is 3.30. The molecular formula is C26H32IN5S. The maximum atomic E-state index is 6.52. The lowest BCUT2D eigenvalue weighted by atomic mass is 9.75. The van der Waals surface area contributed by atoms with Crippen LogP contribution in [0.15, 0.2) is 69.5 Å². The Labute approximate surface area is 214 Å². The van der Waals surface area contributed by atoms with Gasteiger partial charge in [-0.2, -0.15) is 0 Å². The van der Waals surface area contributed by atoms with Crippen LogP contribution >= 0.6 is 33.9 Å². The summed E-state index contributed by atoms with van der Waals surface area (Å²) in [6.45, 7) is 11.2. The van der Waals surface area contributed by atoms with E-state index in [-0.39, 0.29) is 8.84 Å². The number of amidine groups is 1. The minimum absolute atomic E-state index is 0.000123. The van der Waals surface area contributed by atoms with Crippen molar-refractivity contribution in [2.75, 3.05) is 0 Å². The molecule has 2 heterocycles. The maximum absolute atomic E-state index is 6.52. The molecule has 3 aromatic rings. The van der Waals surface area contributed by atoms with Gasteiger partial charge in [-0.15, -0.1) is 21.6 Å². The summed E-state index contributed by atoms with van der Waals surface area (Å²) in [5, 5.41) is 15.2. The van der Waals surface area contributed by atoms with E-state index in [0.29, 0.717) is 5.84 Å². The van der Waals surface area contributed by atoms with E-state index in [2.05, 4.69) is 96.9 Å². The first-order chi connectivity index (χ1) is 15.6. The largest absolute Gasteiger partial charge is 0.382 e. The lowest BCUT2D eigenvalue weighted by molar-refractivity contribution is 0.322. The number of pyridine rings is 1. The van der Waals surface area contributed by atoms with E-state index in [0.717, 1.165) is 46.6 Å². The number of nitrogens with zero attached hydrogens (tertiary/aromatic N) is 4. The molecular weight excluding hydrogens is 541 g/mol. The molecule has 1 unspecified atom stereocenters.